The summed E-state index contributed by atoms with van der Waals surface area (Å²) in [6, 6.07) is 3.67. The number of halogens is 1. The van der Waals surface area contributed by atoms with Gasteiger partial charge in [0, 0.05) is 30.7 Å². The summed E-state index contributed by atoms with van der Waals surface area (Å²) in [6.07, 6.45) is 0. The smallest absolute Gasteiger partial charge is 0.339 e. The van der Waals surface area contributed by atoms with Gasteiger partial charge in [0.1, 0.15) is 11.1 Å². The molecule has 6 nitrogen and oxygen atoms in total. The molecule has 0 spiro atoms. The normalized spacial score (nSPS) is 19.5. The Kier molecular flexibility index (Phi) is 3.27. The number of hydrogen-bond acceptors (Lipinski definition) is 5. The van der Waals surface area contributed by atoms with Gasteiger partial charge < -0.3 is 19.7 Å². The van der Waals surface area contributed by atoms with E-state index in [-0.39, 0.29) is 17.2 Å². The third-order valence-corrected chi connectivity index (χ3v) is 3.64. The molecule has 0 radical (unpaired) electrons. The number of aromatic nitrogens is 1. The van der Waals surface area contributed by atoms with E-state index in [1.54, 1.807) is 6.07 Å². The van der Waals surface area contributed by atoms with E-state index in [0.29, 0.717) is 16.6 Å². The second kappa shape index (κ2) is 4.96. The SMILES string of the molecule is CC1CNCCN1c1nc2cc(Cl)cc(C(=O)O)c2o1. The van der Waals surface area contributed by atoms with Gasteiger partial charge in [-0.05, 0) is 19.1 Å². The fourth-order valence-corrected chi connectivity index (χ4v) is 2.61. The van der Waals surface area contributed by atoms with Crippen LogP contribution in [0.1, 0.15) is 17.3 Å². The Labute approximate surface area is 120 Å². The Morgan fingerprint density at radius 2 is 2.40 bits per heavy atom. The molecular formula is C13H14ClN3O3. The summed E-state index contributed by atoms with van der Waals surface area (Å²) in [5, 5.41) is 12.8. The first-order valence-electron chi connectivity index (χ1n) is 6.37. The molecule has 7 heteroatoms. The maximum atomic E-state index is 11.2. The van der Waals surface area contributed by atoms with Crippen LogP contribution in [0.3, 0.4) is 0 Å². The lowest BCUT2D eigenvalue weighted by molar-refractivity contribution is 0.0698. The van der Waals surface area contributed by atoms with Crippen LogP contribution in [0.5, 0.6) is 0 Å². The molecule has 2 aromatic rings. The molecule has 1 saturated heterocycles. The summed E-state index contributed by atoms with van der Waals surface area (Å²) in [7, 11) is 0. The molecule has 0 bridgehead atoms. The summed E-state index contributed by atoms with van der Waals surface area (Å²) in [6.45, 7) is 4.51. The largest absolute Gasteiger partial charge is 0.478 e. The zero-order chi connectivity index (χ0) is 14.3. The van der Waals surface area contributed by atoms with Crippen LogP contribution in [-0.4, -0.2) is 41.7 Å². The van der Waals surface area contributed by atoms with Crippen molar-refractivity contribution in [2.24, 2.45) is 0 Å². The number of anilines is 1. The second-order valence-corrected chi connectivity index (χ2v) is 5.29. The molecule has 3 rings (SSSR count). The van der Waals surface area contributed by atoms with Gasteiger partial charge in [-0.3, -0.25) is 0 Å². The summed E-state index contributed by atoms with van der Waals surface area (Å²) in [5.41, 5.74) is 0.771. The Hall–Kier alpha value is -1.79. The van der Waals surface area contributed by atoms with Crippen molar-refractivity contribution in [1.29, 1.82) is 0 Å². The summed E-state index contributed by atoms with van der Waals surface area (Å²) < 4.78 is 5.67. The standard InChI is InChI=1S/C13H14ClN3O3/c1-7-6-15-2-3-17(7)13-16-10-5-8(14)4-9(12(18)19)11(10)20-13/h4-5,7,15H,2-3,6H2,1H3,(H,18,19). The first-order valence-corrected chi connectivity index (χ1v) is 6.75. The van der Waals surface area contributed by atoms with Crippen LogP contribution in [-0.2, 0) is 0 Å². The highest BCUT2D eigenvalue weighted by Gasteiger charge is 2.24. The van der Waals surface area contributed by atoms with E-state index in [1.165, 1.54) is 6.07 Å². The van der Waals surface area contributed by atoms with Gasteiger partial charge in [0.2, 0.25) is 0 Å². The number of nitrogens with zero attached hydrogens (tertiary/aromatic N) is 2. The number of carboxylic acid groups (broad SMARTS) is 1. The zero-order valence-corrected chi connectivity index (χ0v) is 11.6. The molecular weight excluding hydrogens is 282 g/mol. The average molecular weight is 296 g/mol. The van der Waals surface area contributed by atoms with Gasteiger partial charge in [-0.2, -0.15) is 4.98 Å². The highest BCUT2D eigenvalue weighted by molar-refractivity contribution is 6.31. The maximum absolute atomic E-state index is 11.2. The molecule has 1 unspecified atom stereocenters. The van der Waals surface area contributed by atoms with Crippen molar-refractivity contribution in [2.45, 2.75) is 13.0 Å². The van der Waals surface area contributed by atoms with E-state index in [4.69, 9.17) is 16.0 Å². The number of nitrogens with one attached hydrogen (secondary N) is 1. The van der Waals surface area contributed by atoms with Crippen LogP contribution < -0.4 is 10.2 Å². The fraction of sp³-hybridized carbons (Fsp3) is 0.385. The molecule has 0 aliphatic carbocycles. The number of hydrogen-bond donors (Lipinski definition) is 2. The van der Waals surface area contributed by atoms with Crippen molar-refractivity contribution in [2.75, 3.05) is 24.5 Å². The molecule has 20 heavy (non-hydrogen) atoms. The molecule has 0 amide bonds. The topological polar surface area (TPSA) is 78.6 Å². The van der Waals surface area contributed by atoms with Crippen LogP contribution in [0.4, 0.5) is 6.01 Å². The van der Waals surface area contributed by atoms with Crippen LogP contribution >= 0.6 is 11.6 Å². The molecule has 2 N–H and O–H groups in total. The summed E-state index contributed by atoms with van der Waals surface area (Å²) >= 11 is 5.92. The van der Waals surface area contributed by atoms with Crippen LogP contribution in [0.2, 0.25) is 5.02 Å². The molecule has 1 aromatic carbocycles. The van der Waals surface area contributed by atoms with Crippen LogP contribution in [0, 0.1) is 0 Å². The van der Waals surface area contributed by atoms with Gasteiger partial charge in [0.25, 0.3) is 6.01 Å². The Morgan fingerprint density at radius 3 is 3.10 bits per heavy atom. The number of carbonyl (C=O) groups is 1. The Morgan fingerprint density at radius 1 is 1.60 bits per heavy atom. The van der Waals surface area contributed by atoms with E-state index >= 15 is 0 Å². The van der Waals surface area contributed by atoms with E-state index in [2.05, 4.69) is 17.2 Å². The van der Waals surface area contributed by atoms with Crippen LogP contribution in [0.25, 0.3) is 11.1 Å². The van der Waals surface area contributed by atoms with E-state index in [0.717, 1.165) is 19.6 Å². The first kappa shape index (κ1) is 13.2. The number of benzene rings is 1. The van der Waals surface area contributed by atoms with Crippen molar-refractivity contribution in [1.82, 2.24) is 10.3 Å². The number of piperazine rings is 1. The molecule has 1 fully saturated rings. The molecule has 0 saturated carbocycles. The van der Waals surface area contributed by atoms with Gasteiger partial charge in [-0.25, -0.2) is 4.79 Å². The van der Waals surface area contributed by atoms with E-state index in [1.807, 2.05) is 4.90 Å². The lowest BCUT2D eigenvalue weighted by Gasteiger charge is -2.32. The number of oxazole rings is 1. The van der Waals surface area contributed by atoms with Crippen molar-refractivity contribution < 1.29 is 14.3 Å². The van der Waals surface area contributed by atoms with E-state index < -0.39 is 5.97 Å². The van der Waals surface area contributed by atoms with Gasteiger partial charge in [-0.15, -0.1) is 0 Å². The van der Waals surface area contributed by atoms with Gasteiger partial charge in [-0.1, -0.05) is 11.6 Å². The van der Waals surface area contributed by atoms with E-state index in [9.17, 15) is 9.90 Å². The van der Waals surface area contributed by atoms with Crippen molar-refractivity contribution in [3.63, 3.8) is 0 Å². The minimum Gasteiger partial charge on any atom is -0.478 e. The average Bonchev–Trinajstić information content (AvgIpc) is 2.81. The molecule has 1 aliphatic heterocycles. The molecule has 1 aromatic heterocycles. The monoisotopic (exact) mass is 295 g/mol. The number of aromatic carboxylic acids is 1. The zero-order valence-electron chi connectivity index (χ0n) is 10.9. The summed E-state index contributed by atoms with van der Waals surface area (Å²) in [5.74, 6) is -1.08. The first-order chi connectivity index (χ1) is 9.56. The Bertz CT molecular complexity index is 670. The number of fused-ring (bicyclic) bond motifs is 1. The fourth-order valence-electron chi connectivity index (χ4n) is 2.39. The quantitative estimate of drug-likeness (QED) is 0.882. The third kappa shape index (κ3) is 2.21. The summed E-state index contributed by atoms with van der Waals surface area (Å²) in [4.78, 5) is 17.6. The minimum absolute atomic E-state index is 0.0361. The third-order valence-electron chi connectivity index (χ3n) is 3.42. The van der Waals surface area contributed by atoms with Gasteiger partial charge in [0.15, 0.2) is 5.58 Å². The lowest BCUT2D eigenvalue weighted by Crippen LogP contribution is -2.50. The van der Waals surface area contributed by atoms with Gasteiger partial charge in [0.05, 0.1) is 0 Å². The minimum atomic E-state index is -1.08. The molecule has 106 valence electrons. The highest BCUT2D eigenvalue weighted by Crippen LogP contribution is 2.29. The number of rotatable bonds is 2. The van der Waals surface area contributed by atoms with Crippen molar-refractivity contribution in [3.8, 4) is 0 Å². The predicted molar refractivity (Wildman–Crippen MR) is 75.7 cm³/mol. The highest BCUT2D eigenvalue weighted by atomic mass is 35.5. The molecule has 2 heterocycles. The second-order valence-electron chi connectivity index (χ2n) is 4.85. The number of carboxylic acids is 1. The molecule has 1 atom stereocenters. The van der Waals surface area contributed by atoms with Crippen molar-refractivity contribution >= 4 is 34.7 Å². The Balaban J connectivity index is 2.10. The van der Waals surface area contributed by atoms with Crippen molar-refractivity contribution in [3.05, 3.63) is 22.7 Å². The van der Waals surface area contributed by atoms with Crippen LogP contribution in [0.15, 0.2) is 16.5 Å². The lowest BCUT2D eigenvalue weighted by atomic mass is 10.2. The predicted octanol–water partition coefficient (Wildman–Crippen LogP) is 1.98. The maximum Gasteiger partial charge on any atom is 0.339 e. The van der Waals surface area contributed by atoms with Gasteiger partial charge >= 0.3 is 5.97 Å². The molecule has 1 aliphatic rings.